The third kappa shape index (κ3) is 2.86. The number of esters is 1. The molecule has 0 spiro atoms. The normalized spacial score (nSPS) is 20.5. The van der Waals surface area contributed by atoms with Gasteiger partial charge in [0.25, 0.3) is 0 Å². The number of anilines is 1. The van der Waals surface area contributed by atoms with Crippen LogP contribution in [-0.2, 0) is 16.0 Å². The Labute approximate surface area is 131 Å². The number of hydrogen-bond donors (Lipinski definition) is 1. The topological polar surface area (TPSA) is 41.6 Å². The van der Waals surface area contributed by atoms with Crippen molar-refractivity contribution in [2.45, 2.75) is 31.7 Å². The highest BCUT2D eigenvalue weighted by atomic mass is 35.5. The van der Waals surface area contributed by atoms with Gasteiger partial charge in [0.15, 0.2) is 0 Å². The number of nitrogens with one attached hydrogen (secondary N) is 1. The second-order valence-corrected chi connectivity index (χ2v) is 5.43. The molecule has 1 aromatic carbocycles. The molecule has 21 heavy (non-hydrogen) atoms. The highest BCUT2D eigenvalue weighted by Gasteiger charge is 2.29. The largest absolute Gasteiger partial charge is 0.467 e. The molecule has 0 aromatic heterocycles. The second kappa shape index (κ2) is 6.39. The monoisotopic (exact) mass is 308 g/mol. The summed E-state index contributed by atoms with van der Waals surface area (Å²) in [5.41, 5.74) is 3.95. The van der Waals surface area contributed by atoms with Gasteiger partial charge in [-0.05, 0) is 42.9 Å². The summed E-state index contributed by atoms with van der Waals surface area (Å²) in [5, 5.41) is 3.39. The molecule has 4 nitrogen and oxygen atoms in total. The molecule has 0 radical (unpaired) electrons. The van der Waals surface area contributed by atoms with E-state index < -0.39 is 0 Å². The first kappa shape index (κ1) is 15.7. The van der Waals surface area contributed by atoms with E-state index in [1.807, 2.05) is 0 Å². The Bertz CT molecular complexity index is 571. The third-order valence-electron chi connectivity index (χ3n) is 4.20. The lowest BCUT2D eigenvalue weighted by Gasteiger charge is -2.33. The standard InChI is InChI=1S/C16H20N2O2.ClH/c1-18-14-9-4-3-6-11(14)10-12-7-5-8-13(16(19)20-2)17-15(12)18;/h3-4,6,9,13,17H,5,7-8,10H2,1-2H3;1H. The number of benzene rings is 1. The van der Waals surface area contributed by atoms with E-state index in [9.17, 15) is 4.79 Å². The first-order valence-corrected chi connectivity index (χ1v) is 7.08. The van der Waals surface area contributed by atoms with E-state index in [1.165, 1.54) is 23.9 Å². The third-order valence-corrected chi connectivity index (χ3v) is 4.20. The van der Waals surface area contributed by atoms with Gasteiger partial charge in [0, 0.05) is 12.7 Å². The van der Waals surface area contributed by atoms with E-state index in [2.05, 4.69) is 41.5 Å². The Morgan fingerprint density at radius 3 is 2.90 bits per heavy atom. The van der Waals surface area contributed by atoms with E-state index in [-0.39, 0.29) is 24.4 Å². The van der Waals surface area contributed by atoms with Crippen LogP contribution in [0, 0.1) is 0 Å². The molecule has 2 aliphatic heterocycles. The molecule has 1 aromatic rings. The fourth-order valence-electron chi connectivity index (χ4n) is 3.14. The van der Waals surface area contributed by atoms with Crippen LogP contribution in [0.3, 0.4) is 0 Å². The zero-order valence-corrected chi connectivity index (χ0v) is 13.2. The number of nitrogens with zero attached hydrogens (tertiary/aromatic N) is 1. The molecule has 2 heterocycles. The van der Waals surface area contributed by atoms with Crippen LogP contribution in [0.1, 0.15) is 24.8 Å². The van der Waals surface area contributed by atoms with Gasteiger partial charge < -0.3 is 15.0 Å². The minimum atomic E-state index is -0.236. The number of carbonyl (C=O) groups excluding carboxylic acids is 1. The minimum Gasteiger partial charge on any atom is -0.467 e. The van der Waals surface area contributed by atoms with E-state index in [0.29, 0.717) is 0 Å². The first-order valence-electron chi connectivity index (χ1n) is 7.08. The van der Waals surface area contributed by atoms with Crippen LogP contribution in [0.5, 0.6) is 0 Å². The van der Waals surface area contributed by atoms with Gasteiger partial charge in [0.05, 0.1) is 7.11 Å². The Morgan fingerprint density at radius 2 is 2.14 bits per heavy atom. The van der Waals surface area contributed by atoms with E-state index in [0.717, 1.165) is 31.5 Å². The number of ether oxygens (including phenoxy) is 1. The fraction of sp³-hybridized carbons (Fsp3) is 0.438. The number of rotatable bonds is 1. The van der Waals surface area contributed by atoms with Gasteiger partial charge in [-0.1, -0.05) is 18.2 Å². The van der Waals surface area contributed by atoms with Crippen LogP contribution in [0.4, 0.5) is 5.69 Å². The lowest BCUT2D eigenvalue weighted by molar-refractivity contribution is -0.143. The van der Waals surface area contributed by atoms with Gasteiger partial charge in [-0.3, -0.25) is 0 Å². The average Bonchev–Trinajstić information content (AvgIpc) is 2.69. The van der Waals surface area contributed by atoms with Gasteiger partial charge in [-0.15, -0.1) is 12.4 Å². The molecule has 0 fully saturated rings. The van der Waals surface area contributed by atoms with Crippen LogP contribution in [0.2, 0.25) is 0 Å². The number of fused-ring (bicyclic) bond motifs is 1. The van der Waals surface area contributed by atoms with Gasteiger partial charge in [0.1, 0.15) is 11.9 Å². The molecule has 1 N–H and O–H groups in total. The van der Waals surface area contributed by atoms with Gasteiger partial charge in [0.2, 0.25) is 0 Å². The fourth-order valence-corrected chi connectivity index (χ4v) is 3.14. The van der Waals surface area contributed by atoms with Crippen molar-refractivity contribution in [2.75, 3.05) is 19.1 Å². The lowest BCUT2D eigenvalue weighted by Crippen LogP contribution is -2.42. The summed E-state index contributed by atoms with van der Waals surface area (Å²) in [6.45, 7) is 0. The summed E-state index contributed by atoms with van der Waals surface area (Å²) in [4.78, 5) is 14.0. The molecule has 0 aliphatic carbocycles. The molecule has 3 rings (SSSR count). The highest BCUT2D eigenvalue weighted by molar-refractivity contribution is 5.85. The summed E-state index contributed by atoms with van der Waals surface area (Å²) in [7, 11) is 3.50. The van der Waals surface area contributed by atoms with Crippen molar-refractivity contribution in [1.29, 1.82) is 0 Å². The predicted molar refractivity (Wildman–Crippen MR) is 85.6 cm³/mol. The molecule has 2 aliphatic rings. The summed E-state index contributed by atoms with van der Waals surface area (Å²) >= 11 is 0. The molecule has 5 heteroatoms. The SMILES string of the molecule is COC(=O)C1CCCC2=C(N1)N(C)c1ccccc1C2.Cl. The van der Waals surface area contributed by atoms with Gasteiger partial charge >= 0.3 is 5.97 Å². The molecule has 1 atom stereocenters. The maximum Gasteiger partial charge on any atom is 0.328 e. The summed E-state index contributed by atoms with van der Waals surface area (Å²) < 4.78 is 4.89. The number of carbonyl (C=O) groups is 1. The Hall–Kier alpha value is -1.68. The van der Waals surface area contributed by atoms with Crippen LogP contribution in [0.25, 0.3) is 0 Å². The molecule has 0 saturated heterocycles. The zero-order valence-electron chi connectivity index (χ0n) is 12.4. The maximum atomic E-state index is 11.8. The van der Waals surface area contributed by atoms with Crippen molar-refractivity contribution in [3.8, 4) is 0 Å². The van der Waals surface area contributed by atoms with Gasteiger partial charge in [-0.2, -0.15) is 0 Å². The van der Waals surface area contributed by atoms with Crippen molar-refractivity contribution in [3.63, 3.8) is 0 Å². The second-order valence-electron chi connectivity index (χ2n) is 5.43. The van der Waals surface area contributed by atoms with Crippen molar-refractivity contribution in [2.24, 2.45) is 0 Å². The van der Waals surface area contributed by atoms with Crippen LogP contribution < -0.4 is 10.2 Å². The first-order chi connectivity index (χ1) is 9.70. The summed E-state index contributed by atoms with van der Waals surface area (Å²) in [5.74, 6) is 0.905. The number of para-hydroxylation sites is 1. The number of halogens is 1. The quantitative estimate of drug-likeness (QED) is 0.810. The Morgan fingerprint density at radius 1 is 1.38 bits per heavy atom. The van der Waals surface area contributed by atoms with Crippen LogP contribution >= 0.6 is 12.4 Å². The molecular weight excluding hydrogens is 288 g/mol. The molecule has 0 saturated carbocycles. The van der Waals surface area contributed by atoms with Crippen LogP contribution in [0.15, 0.2) is 35.7 Å². The van der Waals surface area contributed by atoms with Crippen molar-refractivity contribution in [3.05, 3.63) is 41.2 Å². The van der Waals surface area contributed by atoms with Crippen molar-refractivity contribution < 1.29 is 9.53 Å². The molecule has 0 amide bonds. The smallest absolute Gasteiger partial charge is 0.328 e. The van der Waals surface area contributed by atoms with E-state index in [1.54, 1.807) is 0 Å². The van der Waals surface area contributed by atoms with Gasteiger partial charge in [-0.25, -0.2) is 4.79 Å². The average molecular weight is 309 g/mol. The number of hydrogen-bond acceptors (Lipinski definition) is 4. The molecule has 1 unspecified atom stereocenters. The van der Waals surface area contributed by atoms with E-state index >= 15 is 0 Å². The number of allylic oxidation sites excluding steroid dienone is 1. The van der Waals surface area contributed by atoms with E-state index in [4.69, 9.17) is 4.74 Å². The van der Waals surface area contributed by atoms with Crippen molar-refractivity contribution in [1.82, 2.24) is 5.32 Å². The maximum absolute atomic E-state index is 11.8. The Balaban J connectivity index is 0.00000161. The number of methoxy groups -OCH3 is 1. The molecule has 0 bridgehead atoms. The molecule has 114 valence electrons. The molecular formula is C16H21ClN2O2. The summed E-state index contributed by atoms with van der Waals surface area (Å²) in [6, 6.07) is 8.20. The summed E-state index contributed by atoms with van der Waals surface area (Å²) in [6.07, 6.45) is 3.84. The van der Waals surface area contributed by atoms with Crippen LogP contribution in [-0.4, -0.2) is 26.2 Å². The predicted octanol–water partition coefficient (Wildman–Crippen LogP) is 2.63. The minimum absolute atomic E-state index is 0. The Kier molecular flexibility index (Phi) is 4.78. The van der Waals surface area contributed by atoms with Crippen molar-refractivity contribution >= 4 is 24.1 Å². The highest BCUT2D eigenvalue weighted by Crippen LogP contribution is 2.34. The zero-order chi connectivity index (χ0) is 14.1. The lowest BCUT2D eigenvalue weighted by atomic mass is 9.95.